The van der Waals surface area contributed by atoms with E-state index in [4.69, 9.17) is 9.47 Å². The molecule has 1 aromatic carbocycles. The van der Waals surface area contributed by atoms with Crippen molar-refractivity contribution in [3.05, 3.63) is 28.8 Å². The van der Waals surface area contributed by atoms with E-state index in [1.165, 1.54) is 5.56 Å². The summed E-state index contributed by atoms with van der Waals surface area (Å²) >= 11 is 0. The van der Waals surface area contributed by atoms with E-state index in [0.717, 1.165) is 49.7 Å². The van der Waals surface area contributed by atoms with Crippen molar-refractivity contribution in [1.82, 2.24) is 10.2 Å². The van der Waals surface area contributed by atoms with Crippen LogP contribution in [0, 0.1) is 20.8 Å². The van der Waals surface area contributed by atoms with Crippen LogP contribution in [-0.4, -0.2) is 56.3 Å². The number of aryl methyl sites for hydroxylation is 2. The number of nitrogens with one attached hydrogen (secondary N) is 1. The number of carbonyl (C=O) groups is 1. The maximum atomic E-state index is 12.2. The van der Waals surface area contributed by atoms with Crippen LogP contribution >= 0.6 is 0 Å². The van der Waals surface area contributed by atoms with Gasteiger partial charge in [0, 0.05) is 26.2 Å². The van der Waals surface area contributed by atoms with Crippen LogP contribution in [0.5, 0.6) is 5.75 Å². The summed E-state index contributed by atoms with van der Waals surface area (Å²) in [5.74, 6) is 0.718. The smallest absolute Gasteiger partial charge is 0.260 e. The molecule has 1 amide bonds. The zero-order valence-corrected chi connectivity index (χ0v) is 14.6. The van der Waals surface area contributed by atoms with Crippen molar-refractivity contribution >= 4 is 5.91 Å². The van der Waals surface area contributed by atoms with E-state index in [2.05, 4.69) is 23.2 Å². The minimum absolute atomic E-state index is 0.0724. The average Bonchev–Trinajstić information content (AvgIpc) is 2.53. The van der Waals surface area contributed by atoms with Gasteiger partial charge in [-0.1, -0.05) is 6.07 Å². The third-order valence-electron chi connectivity index (χ3n) is 4.27. The van der Waals surface area contributed by atoms with Crippen molar-refractivity contribution in [2.45, 2.75) is 33.8 Å². The van der Waals surface area contributed by atoms with Gasteiger partial charge in [0.05, 0.1) is 13.2 Å². The summed E-state index contributed by atoms with van der Waals surface area (Å²) in [4.78, 5) is 14.5. The number of hydrogen-bond acceptors (Lipinski definition) is 4. The Morgan fingerprint density at radius 1 is 1.30 bits per heavy atom. The largest absolute Gasteiger partial charge is 0.481 e. The molecule has 1 aromatic rings. The highest BCUT2D eigenvalue weighted by Crippen LogP contribution is 2.24. The second kappa shape index (κ2) is 8.31. The summed E-state index contributed by atoms with van der Waals surface area (Å²) < 4.78 is 11.2. The van der Waals surface area contributed by atoms with Gasteiger partial charge >= 0.3 is 0 Å². The minimum Gasteiger partial charge on any atom is -0.481 e. The normalized spacial score (nSPS) is 16.9. The van der Waals surface area contributed by atoms with Crippen LogP contribution in [0.4, 0.5) is 0 Å². The Morgan fingerprint density at radius 3 is 2.70 bits per heavy atom. The maximum Gasteiger partial charge on any atom is 0.260 e. The van der Waals surface area contributed by atoms with Crippen molar-refractivity contribution in [3.63, 3.8) is 0 Å². The molecular weight excluding hydrogens is 292 g/mol. The summed E-state index contributed by atoms with van der Waals surface area (Å²) in [7, 11) is 0. The van der Waals surface area contributed by atoms with Gasteiger partial charge in [0.2, 0.25) is 0 Å². The number of morpholine rings is 1. The summed E-state index contributed by atoms with van der Waals surface area (Å²) in [6, 6.07) is 4.11. The third-order valence-corrected chi connectivity index (χ3v) is 4.27. The molecule has 1 heterocycles. The number of ether oxygens (including phenoxy) is 2. The molecule has 1 atom stereocenters. The fourth-order valence-electron chi connectivity index (χ4n) is 2.67. The predicted octanol–water partition coefficient (Wildman–Crippen LogP) is 1.83. The lowest BCUT2D eigenvalue weighted by atomic mass is 10.1. The van der Waals surface area contributed by atoms with E-state index in [0.29, 0.717) is 6.54 Å². The first-order valence-corrected chi connectivity index (χ1v) is 8.29. The minimum atomic E-state index is -0.500. The van der Waals surface area contributed by atoms with Gasteiger partial charge in [-0.05, 0) is 50.5 Å². The van der Waals surface area contributed by atoms with Gasteiger partial charge in [-0.2, -0.15) is 0 Å². The molecule has 0 aliphatic carbocycles. The topological polar surface area (TPSA) is 50.8 Å². The maximum absolute atomic E-state index is 12.2. The Balaban J connectivity index is 1.80. The zero-order chi connectivity index (χ0) is 16.8. The molecule has 1 aliphatic rings. The van der Waals surface area contributed by atoms with E-state index < -0.39 is 6.10 Å². The standard InChI is InChI=1S/C18H28N2O3/c1-13-11-14(2)15(3)17(12-13)23-16(4)18(21)19-5-6-20-7-9-22-10-8-20/h11-12,16H,5-10H2,1-4H3,(H,19,21)/t16-/m0/s1. The Morgan fingerprint density at radius 2 is 2.00 bits per heavy atom. The SMILES string of the molecule is Cc1cc(C)c(C)c(O[C@@H](C)C(=O)NCCN2CCOCC2)c1. The third kappa shape index (κ3) is 5.22. The Bertz CT molecular complexity index is 539. The van der Waals surface area contributed by atoms with Crippen molar-refractivity contribution < 1.29 is 14.3 Å². The number of nitrogens with zero attached hydrogens (tertiary/aromatic N) is 1. The molecule has 1 fully saturated rings. The van der Waals surface area contributed by atoms with Gasteiger partial charge in [-0.3, -0.25) is 9.69 Å². The van der Waals surface area contributed by atoms with Crippen LogP contribution < -0.4 is 10.1 Å². The summed E-state index contributed by atoms with van der Waals surface area (Å²) in [6.45, 7) is 12.8. The molecule has 128 valence electrons. The first-order chi connectivity index (χ1) is 11.0. The Kier molecular flexibility index (Phi) is 6.42. The average molecular weight is 320 g/mol. The number of carbonyl (C=O) groups excluding carboxylic acids is 1. The van der Waals surface area contributed by atoms with E-state index in [9.17, 15) is 4.79 Å². The fraction of sp³-hybridized carbons (Fsp3) is 0.611. The molecule has 0 aromatic heterocycles. The van der Waals surface area contributed by atoms with Crippen LogP contribution in [0.25, 0.3) is 0 Å². The van der Waals surface area contributed by atoms with Crippen LogP contribution in [0.1, 0.15) is 23.6 Å². The van der Waals surface area contributed by atoms with Gasteiger partial charge in [0.1, 0.15) is 5.75 Å². The van der Waals surface area contributed by atoms with Gasteiger partial charge in [0.15, 0.2) is 6.10 Å². The molecule has 1 N–H and O–H groups in total. The Labute approximate surface area is 139 Å². The van der Waals surface area contributed by atoms with Crippen LogP contribution in [-0.2, 0) is 9.53 Å². The Hall–Kier alpha value is -1.59. The van der Waals surface area contributed by atoms with Crippen LogP contribution in [0.3, 0.4) is 0 Å². The van der Waals surface area contributed by atoms with E-state index in [1.807, 2.05) is 19.9 Å². The summed E-state index contributed by atoms with van der Waals surface area (Å²) in [5.41, 5.74) is 3.41. The first kappa shape index (κ1) is 17.8. The number of benzene rings is 1. The monoisotopic (exact) mass is 320 g/mol. The lowest BCUT2D eigenvalue weighted by molar-refractivity contribution is -0.127. The molecule has 1 aliphatic heterocycles. The molecule has 2 rings (SSSR count). The molecule has 5 nitrogen and oxygen atoms in total. The second-order valence-corrected chi connectivity index (χ2v) is 6.21. The molecule has 23 heavy (non-hydrogen) atoms. The molecule has 0 bridgehead atoms. The molecule has 0 saturated carbocycles. The zero-order valence-electron chi connectivity index (χ0n) is 14.6. The molecule has 0 unspecified atom stereocenters. The lowest BCUT2D eigenvalue weighted by Gasteiger charge is -2.26. The molecule has 5 heteroatoms. The van der Waals surface area contributed by atoms with Crippen molar-refractivity contribution in [2.24, 2.45) is 0 Å². The fourth-order valence-corrected chi connectivity index (χ4v) is 2.67. The summed E-state index contributed by atoms with van der Waals surface area (Å²) in [5, 5.41) is 2.95. The van der Waals surface area contributed by atoms with Gasteiger partial charge in [-0.15, -0.1) is 0 Å². The molecular formula is C18H28N2O3. The van der Waals surface area contributed by atoms with Gasteiger partial charge in [-0.25, -0.2) is 0 Å². The van der Waals surface area contributed by atoms with E-state index in [1.54, 1.807) is 6.92 Å². The quantitative estimate of drug-likeness (QED) is 0.869. The molecule has 0 radical (unpaired) electrons. The number of amides is 1. The highest BCUT2D eigenvalue weighted by Gasteiger charge is 2.17. The van der Waals surface area contributed by atoms with Crippen molar-refractivity contribution in [3.8, 4) is 5.75 Å². The lowest BCUT2D eigenvalue weighted by Crippen LogP contribution is -2.44. The predicted molar refractivity (Wildman–Crippen MR) is 91.0 cm³/mol. The van der Waals surface area contributed by atoms with Gasteiger partial charge in [0.25, 0.3) is 5.91 Å². The van der Waals surface area contributed by atoms with E-state index in [-0.39, 0.29) is 5.91 Å². The number of rotatable bonds is 6. The molecule has 0 spiro atoms. The van der Waals surface area contributed by atoms with Crippen molar-refractivity contribution in [1.29, 1.82) is 0 Å². The second-order valence-electron chi connectivity index (χ2n) is 6.21. The van der Waals surface area contributed by atoms with Crippen LogP contribution in [0.15, 0.2) is 12.1 Å². The number of hydrogen-bond donors (Lipinski definition) is 1. The first-order valence-electron chi connectivity index (χ1n) is 8.29. The van der Waals surface area contributed by atoms with Crippen molar-refractivity contribution in [2.75, 3.05) is 39.4 Å². The molecule has 1 saturated heterocycles. The van der Waals surface area contributed by atoms with Crippen LogP contribution in [0.2, 0.25) is 0 Å². The summed E-state index contributed by atoms with van der Waals surface area (Å²) in [6.07, 6.45) is -0.500. The van der Waals surface area contributed by atoms with E-state index >= 15 is 0 Å². The highest BCUT2D eigenvalue weighted by atomic mass is 16.5. The highest BCUT2D eigenvalue weighted by molar-refractivity contribution is 5.80. The van der Waals surface area contributed by atoms with Gasteiger partial charge < -0.3 is 14.8 Å².